The Labute approximate surface area is 143 Å². The minimum Gasteiger partial charge on any atom is -0.353 e. The molecule has 7 nitrogen and oxygen atoms in total. The summed E-state index contributed by atoms with van der Waals surface area (Å²) in [6.07, 6.45) is 1.25. The summed E-state index contributed by atoms with van der Waals surface area (Å²) in [6, 6.07) is 9.91. The van der Waals surface area contributed by atoms with E-state index in [1.807, 2.05) is 4.90 Å². The van der Waals surface area contributed by atoms with Crippen LogP contribution < -0.4 is 4.90 Å². The van der Waals surface area contributed by atoms with Crippen molar-refractivity contribution in [3.63, 3.8) is 0 Å². The molecule has 0 atom stereocenters. The zero-order valence-electron chi connectivity index (χ0n) is 12.8. The first-order chi connectivity index (χ1) is 11.5. The third-order valence-electron chi connectivity index (χ3n) is 3.93. The first kappa shape index (κ1) is 16.2. The molecule has 124 valence electrons. The van der Waals surface area contributed by atoms with Gasteiger partial charge in [0.15, 0.2) is 0 Å². The molecular formula is C16H15ClN4O3. The predicted octanol–water partition coefficient (Wildman–Crippen LogP) is 2.61. The summed E-state index contributed by atoms with van der Waals surface area (Å²) in [5.74, 6) is 0.655. The Hall–Kier alpha value is -2.67. The molecule has 1 aliphatic rings. The lowest BCUT2D eigenvalue weighted by Gasteiger charge is -2.35. The zero-order chi connectivity index (χ0) is 17.1. The fraction of sp³-hybridized carbons (Fsp3) is 0.250. The van der Waals surface area contributed by atoms with E-state index in [0.29, 0.717) is 42.6 Å². The second-order valence-electron chi connectivity index (χ2n) is 5.42. The molecule has 1 saturated heterocycles. The lowest BCUT2D eigenvalue weighted by atomic mass is 10.2. The van der Waals surface area contributed by atoms with Gasteiger partial charge in [0.1, 0.15) is 12.0 Å². The molecule has 3 rings (SSSR count). The van der Waals surface area contributed by atoms with Crippen LogP contribution in [-0.2, 0) is 0 Å². The summed E-state index contributed by atoms with van der Waals surface area (Å²) in [6.45, 7) is 2.40. The minimum atomic E-state index is -0.473. The van der Waals surface area contributed by atoms with Gasteiger partial charge in [-0.1, -0.05) is 11.6 Å². The van der Waals surface area contributed by atoms with Crippen LogP contribution in [0.5, 0.6) is 0 Å². The van der Waals surface area contributed by atoms with Gasteiger partial charge in [0.05, 0.1) is 4.92 Å². The van der Waals surface area contributed by atoms with Crippen LogP contribution in [0.3, 0.4) is 0 Å². The minimum absolute atomic E-state index is 0.0250. The van der Waals surface area contributed by atoms with Gasteiger partial charge in [0, 0.05) is 42.8 Å². The monoisotopic (exact) mass is 346 g/mol. The van der Waals surface area contributed by atoms with Crippen LogP contribution in [0.4, 0.5) is 11.5 Å². The number of piperazine rings is 1. The zero-order valence-corrected chi connectivity index (χ0v) is 13.5. The van der Waals surface area contributed by atoms with Crippen LogP contribution in [0.2, 0.25) is 5.02 Å². The average molecular weight is 347 g/mol. The molecule has 1 aromatic carbocycles. The summed E-state index contributed by atoms with van der Waals surface area (Å²) in [5.41, 5.74) is 0.580. The molecule has 1 aromatic heterocycles. The highest BCUT2D eigenvalue weighted by Crippen LogP contribution is 2.18. The van der Waals surface area contributed by atoms with Gasteiger partial charge in [0.2, 0.25) is 0 Å². The Balaban J connectivity index is 1.62. The van der Waals surface area contributed by atoms with Crippen molar-refractivity contribution in [1.82, 2.24) is 9.88 Å². The molecule has 1 fully saturated rings. The fourth-order valence-corrected chi connectivity index (χ4v) is 2.71. The summed E-state index contributed by atoms with van der Waals surface area (Å²) in [4.78, 5) is 30.6. The van der Waals surface area contributed by atoms with E-state index >= 15 is 0 Å². The Morgan fingerprint density at radius 1 is 1.08 bits per heavy atom. The summed E-state index contributed by atoms with van der Waals surface area (Å²) in [5, 5.41) is 11.3. The Kier molecular flexibility index (Phi) is 4.61. The number of rotatable bonds is 3. The van der Waals surface area contributed by atoms with Crippen LogP contribution in [0.25, 0.3) is 0 Å². The SMILES string of the molecule is O=C(c1ccc(Cl)cc1)N1CCN(c2ccc([N+](=O)[O-])cn2)CC1. The third-order valence-corrected chi connectivity index (χ3v) is 4.18. The summed E-state index contributed by atoms with van der Waals surface area (Å²) >= 11 is 5.84. The molecule has 0 N–H and O–H groups in total. The highest BCUT2D eigenvalue weighted by atomic mass is 35.5. The fourth-order valence-electron chi connectivity index (χ4n) is 2.59. The number of benzene rings is 1. The van der Waals surface area contributed by atoms with Crippen molar-refractivity contribution in [2.24, 2.45) is 0 Å². The van der Waals surface area contributed by atoms with Gasteiger partial charge in [0.25, 0.3) is 11.6 Å². The van der Waals surface area contributed by atoms with Crippen molar-refractivity contribution in [1.29, 1.82) is 0 Å². The standard InChI is InChI=1S/C16H15ClN4O3/c17-13-3-1-12(2-4-13)16(22)20-9-7-19(8-10-20)15-6-5-14(11-18-15)21(23)24/h1-6,11H,7-10H2. The lowest BCUT2D eigenvalue weighted by Crippen LogP contribution is -2.49. The van der Waals surface area contributed by atoms with Crippen LogP contribution in [0.1, 0.15) is 10.4 Å². The number of carbonyl (C=O) groups is 1. The molecule has 1 amide bonds. The normalized spacial score (nSPS) is 14.5. The number of pyridine rings is 1. The number of aromatic nitrogens is 1. The number of amides is 1. The molecule has 0 bridgehead atoms. The molecule has 0 spiro atoms. The maximum atomic E-state index is 12.4. The molecule has 0 radical (unpaired) electrons. The Morgan fingerprint density at radius 3 is 2.29 bits per heavy atom. The summed E-state index contributed by atoms with van der Waals surface area (Å²) in [7, 11) is 0. The van der Waals surface area contributed by atoms with Gasteiger partial charge in [-0.3, -0.25) is 14.9 Å². The second-order valence-corrected chi connectivity index (χ2v) is 5.85. The maximum absolute atomic E-state index is 12.4. The van der Waals surface area contributed by atoms with E-state index in [1.54, 1.807) is 35.2 Å². The van der Waals surface area contributed by atoms with Crippen LogP contribution in [0, 0.1) is 10.1 Å². The molecule has 0 aliphatic carbocycles. The van der Waals surface area contributed by atoms with E-state index in [1.165, 1.54) is 12.3 Å². The van der Waals surface area contributed by atoms with E-state index in [2.05, 4.69) is 4.98 Å². The first-order valence-electron chi connectivity index (χ1n) is 7.45. The molecule has 24 heavy (non-hydrogen) atoms. The van der Waals surface area contributed by atoms with E-state index in [9.17, 15) is 14.9 Å². The second kappa shape index (κ2) is 6.84. The van der Waals surface area contributed by atoms with Gasteiger partial charge in [-0.2, -0.15) is 0 Å². The Bertz CT molecular complexity index is 741. The number of nitro groups is 1. The van der Waals surface area contributed by atoms with E-state index in [-0.39, 0.29) is 11.6 Å². The summed E-state index contributed by atoms with van der Waals surface area (Å²) < 4.78 is 0. The van der Waals surface area contributed by atoms with Crippen LogP contribution in [0.15, 0.2) is 42.6 Å². The van der Waals surface area contributed by atoms with E-state index < -0.39 is 4.92 Å². The number of halogens is 1. The van der Waals surface area contributed by atoms with Gasteiger partial charge < -0.3 is 9.80 Å². The number of carbonyl (C=O) groups excluding carboxylic acids is 1. The quantitative estimate of drug-likeness (QED) is 0.630. The molecule has 8 heteroatoms. The smallest absolute Gasteiger partial charge is 0.287 e. The molecule has 1 aliphatic heterocycles. The highest BCUT2D eigenvalue weighted by Gasteiger charge is 2.23. The molecule has 0 saturated carbocycles. The van der Waals surface area contributed by atoms with Gasteiger partial charge >= 0.3 is 0 Å². The van der Waals surface area contributed by atoms with Crippen LogP contribution >= 0.6 is 11.6 Å². The Morgan fingerprint density at radius 2 is 1.75 bits per heavy atom. The van der Waals surface area contributed by atoms with Gasteiger partial charge in [-0.25, -0.2) is 4.98 Å². The lowest BCUT2D eigenvalue weighted by molar-refractivity contribution is -0.385. The van der Waals surface area contributed by atoms with E-state index in [4.69, 9.17) is 11.6 Å². The van der Waals surface area contributed by atoms with Crippen molar-refractivity contribution >= 4 is 29.0 Å². The molecular weight excluding hydrogens is 332 g/mol. The van der Waals surface area contributed by atoms with Crippen molar-refractivity contribution in [3.05, 3.63) is 63.3 Å². The number of anilines is 1. The molecule has 2 heterocycles. The van der Waals surface area contributed by atoms with E-state index in [0.717, 1.165) is 0 Å². The molecule has 2 aromatic rings. The molecule has 0 unspecified atom stereocenters. The van der Waals surface area contributed by atoms with Crippen molar-refractivity contribution in [2.75, 3.05) is 31.1 Å². The number of hydrogen-bond donors (Lipinski definition) is 0. The van der Waals surface area contributed by atoms with Gasteiger partial charge in [-0.15, -0.1) is 0 Å². The first-order valence-corrected chi connectivity index (χ1v) is 7.82. The third kappa shape index (κ3) is 3.46. The average Bonchev–Trinajstić information content (AvgIpc) is 2.62. The van der Waals surface area contributed by atoms with Crippen molar-refractivity contribution in [3.8, 4) is 0 Å². The topological polar surface area (TPSA) is 79.6 Å². The highest BCUT2D eigenvalue weighted by molar-refractivity contribution is 6.30. The van der Waals surface area contributed by atoms with Gasteiger partial charge in [-0.05, 0) is 30.3 Å². The number of hydrogen-bond acceptors (Lipinski definition) is 5. The number of nitrogens with zero attached hydrogens (tertiary/aromatic N) is 4. The van der Waals surface area contributed by atoms with Crippen LogP contribution in [-0.4, -0.2) is 46.9 Å². The largest absolute Gasteiger partial charge is 0.353 e. The maximum Gasteiger partial charge on any atom is 0.287 e. The predicted molar refractivity (Wildman–Crippen MR) is 90.5 cm³/mol. The van der Waals surface area contributed by atoms with Crippen molar-refractivity contribution < 1.29 is 9.72 Å². The van der Waals surface area contributed by atoms with Crippen molar-refractivity contribution in [2.45, 2.75) is 0 Å².